The average Bonchev–Trinajstić information content (AvgIpc) is 3.12. The molecule has 0 heterocycles. The molecule has 0 spiro atoms. The van der Waals surface area contributed by atoms with Crippen LogP contribution in [0.1, 0.15) is 47.7 Å². The molecular formula is C27H25ClN2O5. The molecule has 0 saturated heterocycles. The van der Waals surface area contributed by atoms with Crippen molar-refractivity contribution in [2.75, 3.05) is 11.9 Å². The normalized spacial score (nSPS) is 12.4. The SMILES string of the molecule is CC(C)(CC(=O)Nc1ccc(Cl)c(C(=O)O)c1)NC(=O)OCC1c2ccccc2-c2ccccc21. The van der Waals surface area contributed by atoms with E-state index in [9.17, 15) is 19.5 Å². The summed E-state index contributed by atoms with van der Waals surface area (Å²) in [5.41, 5.74) is 3.79. The van der Waals surface area contributed by atoms with Gasteiger partial charge in [0.15, 0.2) is 0 Å². The second-order valence-electron chi connectivity index (χ2n) is 9.06. The van der Waals surface area contributed by atoms with Gasteiger partial charge in [-0.15, -0.1) is 0 Å². The number of hydrogen-bond acceptors (Lipinski definition) is 4. The molecule has 0 fully saturated rings. The number of amides is 2. The number of hydrogen-bond donors (Lipinski definition) is 3. The topological polar surface area (TPSA) is 105 Å². The number of carboxylic acid groups (broad SMARTS) is 1. The Bertz CT molecular complexity index is 1260. The lowest BCUT2D eigenvalue weighted by molar-refractivity contribution is -0.117. The van der Waals surface area contributed by atoms with Gasteiger partial charge in [-0.2, -0.15) is 0 Å². The van der Waals surface area contributed by atoms with E-state index in [1.165, 1.54) is 18.2 Å². The Hall–Kier alpha value is -3.84. The lowest BCUT2D eigenvalue weighted by Crippen LogP contribution is -2.46. The minimum absolute atomic E-state index is 0.0533. The standard InChI is InChI=1S/C27H25ClN2O5/c1-27(2,14-24(31)29-16-11-12-23(28)21(13-16)25(32)33)30-26(34)35-15-22-19-9-5-3-7-17(19)18-8-4-6-10-20(18)22/h3-13,22H,14-15H2,1-2H3,(H,29,31)(H,30,34)(H,32,33). The van der Waals surface area contributed by atoms with Crippen molar-refractivity contribution in [2.45, 2.75) is 31.7 Å². The Labute approximate surface area is 208 Å². The van der Waals surface area contributed by atoms with Crippen molar-refractivity contribution < 1.29 is 24.2 Å². The summed E-state index contributed by atoms with van der Waals surface area (Å²) in [7, 11) is 0. The molecule has 8 heteroatoms. The third-order valence-electron chi connectivity index (χ3n) is 5.87. The number of carbonyl (C=O) groups excluding carboxylic acids is 2. The number of halogens is 1. The zero-order chi connectivity index (χ0) is 25.2. The third kappa shape index (κ3) is 5.46. The second-order valence-corrected chi connectivity index (χ2v) is 9.47. The Kier molecular flexibility index (Phi) is 6.80. The van der Waals surface area contributed by atoms with Gasteiger partial charge in [0.05, 0.1) is 10.6 Å². The summed E-state index contributed by atoms with van der Waals surface area (Å²) in [5.74, 6) is -1.65. The van der Waals surface area contributed by atoms with Crippen molar-refractivity contribution in [1.29, 1.82) is 0 Å². The van der Waals surface area contributed by atoms with Gasteiger partial charge < -0.3 is 20.5 Å². The van der Waals surface area contributed by atoms with Gasteiger partial charge >= 0.3 is 12.1 Å². The average molecular weight is 493 g/mol. The minimum atomic E-state index is -1.19. The molecule has 0 aliphatic heterocycles. The maximum atomic E-state index is 12.6. The summed E-state index contributed by atoms with van der Waals surface area (Å²) < 4.78 is 5.57. The fourth-order valence-electron chi connectivity index (χ4n) is 4.33. The Morgan fingerprint density at radius 1 is 0.971 bits per heavy atom. The van der Waals surface area contributed by atoms with E-state index in [1.54, 1.807) is 13.8 Å². The van der Waals surface area contributed by atoms with Crippen molar-refractivity contribution in [3.8, 4) is 11.1 Å². The van der Waals surface area contributed by atoms with Gasteiger partial charge in [0, 0.05) is 23.6 Å². The molecule has 1 aliphatic rings. The number of rotatable bonds is 7. The lowest BCUT2D eigenvalue weighted by atomic mass is 9.98. The Morgan fingerprint density at radius 2 is 1.57 bits per heavy atom. The number of aromatic carboxylic acids is 1. The molecule has 3 N–H and O–H groups in total. The summed E-state index contributed by atoms with van der Waals surface area (Å²) in [6.07, 6.45) is -0.674. The predicted octanol–water partition coefficient (Wildman–Crippen LogP) is 5.68. The van der Waals surface area contributed by atoms with Crippen LogP contribution in [0.15, 0.2) is 66.7 Å². The molecule has 0 aromatic heterocycles. The first-order valence-corrected chi connectivity index (χ1v) is 11.5. The highest BCUT2D eigenvalue weighted by Crippen LogP contribution is 2.44. The van der Waals surface area contributed by atoms with E-state index in [1.807, 2.05) is 36.4 Å². The zero-order valence-corrected chi connectivity index (χ0v) is 20.1. The van der Waals surface area contributed by atoms with Crippen molar-refractivity contribution in [3.63, 3.8) is 0 Å². The summed E-state index contributed by atoms with van der Waals surface area (Å²) >= 11 is 5.87. The van der Waals surface area contributed by atoms with Gasteiger partial charge in [-0.1, -0.05) is 60.1 Å². The van der Waals surface area contributed by atoms with Gasteiger partial charge in [-0.25, -0.2) is 9.59 Å². The number of anilines is 1. The summed E-state index contributed by atoms with van der Waals surface area (Å²) in [6.45, 7) is 3.59. The van der Waals surface area contributed by atoms with Crippen molar-refractivity contribution in [1.82, 2.24) is 5.32 Å². The Morgan fingerprint density at radius 3 is 2.17 bits per heavy atom. The molecule has 180 valence electrons. The Balaban J connectivity index is 1.35. The molecule has 0 bridgehead atoms. The van der Waals surface area contributed by atoms with Gasteiger partial charge in [0.25, 0.3) is 0 Å². The van der Waals surface area contributed by atoms with Crippen LogP contribution >= 0.6 is 11.6 Å². The number of carbonyl (C=O) groups is 3. The maximum absolute atomic E-state index is 12.6. The van der Waals surface area contributed by atoms with E-state index < -0.39 is 23.5 Å². The van der Waals surface area contributed by atoms with E-state index in [4.69, 9.17) is 16.3 Å². The minimum Gasteiger partial charge on any atom is -0.478 e. The lowest BCUT2D eigenvalue weighted by Gasteiger charge is -2.26. The molecule has 3 aromatic carbocycles. The zero-order valence-electron chi connectivity index (χ0n) is 19.3. The van der Waals surface area contributed by atoms with Crippen molar-refractivity contribution in [3.05, 3.63) is 88.4 Å². The van der Waals surface area contributed by atoms with Crippen molar-refractivity contribution >= 4 is 35.3 Å². The van der Waals surface area contributed by atoms with Crippen LogP contribution in [0.3, 0.4) is 0 Å². The molecule has 1 aliphatic carbocycles. The molecule has 0 atom stereocenters. The van der Waals surface area contributed by atoms with E-state index in [0.29, 0.717) is 5.69 Å². The van der Waals surface area contributed by atoms with E-state index >= 15 is 0 Å². The van der Waals surface area contributed by atoms with Crippen LogP contribution < -0.4 is 10.6 Å². The molecule has 2 amide bonds. The molecule has 0 unspecified atom stereocenters. The van der Waals surface area contributed by atoms with E-state index in [0.717, 1.165) is 22.3 Å². The smallest absolute Gasteiger partial charge is 0.407 e. The molecule has 7 nitrogen and oxygen atoms in total. The molecule has 0 radical (unpaired) electrons. The summed E-state index contributed by atoms with van der Waals surface area (Å²) in [4.78, 5) is 36.4. The monoisotopic (exact) mass is 492 g/mol. The fraction of sp³-hybridized carbons (Fsp3) is 0.222. The first kappa shape index (κ1) is 24.3. The van der Waals surface area contributed by atoms with Crippen LogP contribution in [-0.2, 0) is 9.53 Å². The van der Waals surface area contributed by atoms with Crippen LogP contribution in [0.5, 0.6) is 0 Å². The largest absolute Gasteiger partial charge is 0.478 e. The van der Waals surface area contributed by atoms with Gasteiger partial charge in [0.1, 0.15) is 6.61 Å². The van der Waals surface area contributed by atoms with Gasteiger partial charge in [0.2, 0.25) is 5.91 Å². The number of ether oxygens (including phenoxy) is 1. The molecule has 0 saturated carbocycles. The van der Waals surface area contributed by atoms with Crippen LogP contribution in [0.4, 0.5) is 10.5 Å². The summed E-state index contributed by atoms with van der Waals surface area (Å²) in [6, 6.07) is 20.3. The quantitative estimate of drug-likeness (QED) is 0.393. The van der Waals surface area contributed by atoms with Crippen LogP contribution in [0.25, 0.3) is 11.1 Å². The number of nitrogens with one attached hydrogen (secondary N) is 2. The molecule has 3 aromatic rings. The predicted molar refractivity (Wildman–Crippen MR) is 134 cm³/mol. The number of carboxylic acids is 1. The first-order valence-electron chi connectivity index (χ1n) is 11.1. The highest BCUT2D eigenvalue weighted by molar-refractivity contribution is 6.33. The number of alkyl carbamates (subject to hydrolysis) is 1. The summed E-state index contributed by atoms with van der Waals surface area (Å²) in [5, 5.41) is 14.7. The van der Waals surface area contributed by atoms with Crippen molar-refractivity contribution in [2.24, 2.45) is 0 Å². The van der Waals surface area contributed by atoms with Gasteiger partial charge in [-0.3, -0.25) is 4.79 Å². The first-order chi connectivity index (χ1) is 16.6. The number of benzene rings is 3. The second kappa shape index (κ2) is 9.80. The van der Waals surface area contributed by atoms with Crippen LogP contribution in [0.2, 0.25) is 5.02 Å². The van der Waals surface area contributed by atoms with Crippen LogP contribution in [0, 0.1) is 0 Å². The van der Waals surface area contributed by atoms with Crippen LogP contribution in [-0.4, -0.2) is 35.2 Å². The van der Waals surface area contributed by atoms with E-state index in [2.05, 4.69) is 22.8 Å². The van der Waals surface area contributed by atoms with E-state index in [-0.39, 0.29) is 29.5 Å². The molecular weight excluding hydrogens is 468 g/mol. The van der Waals surface area contributed by atoms with Gasteiger partial charge in [-0.05, 0) is 54.3 Å². The number of fused-ring (bicyclic) bond motifs is 3. The third-order valence-corrected chi connectivity index (χ3v) is 6.20. The maximum Gasteiger partial charge on any atom is 0.407 e. The highest BCUT2D eigenvalue weighted by atomic mass is 35.5. The molecule has 35 heavy (non-hydrogen) atoms. The highest BCUT2D eigenvalue weighted by Gasteiger charge is 2.30. The molecule has 4 rings (SSSR count). The fourth-order valence-corrected chi connectivity index (χ4v) is 4.53.